The third-order valence-electron chi connectivity index (χ3n) is 6.98. The van der Waals surface area contributed by atoms with Crippen LogP contribution in [0.2, 0.25) is 0 Å². The fourth-order valence-electron chi connectivity index (χ4n) is 5.29. The van der Waals surface area contributed by atoms with Crippen LogP contribution in [0.1, 0.15) is 30.9 Å². The van der Waals surface area contributed by atoms with E-state index in [9.17, 15) is 23.1 Å². The molecule has 1 amide bonds. The molecule has 0 aliphatic carbocycles. The molecular formula is C24H27F3N2O2. The maximum absolute atomic E-state index is 14.4. The van der Waals surface area contributed by atoms with Crippen molar-refractivity contribution in [3.63, 3.8) is 0 Å². The molecule has 5 atom stereocenters. The van der Waals surface area contributed by atoms with Gasteiger partial charge in [0.1, 0.15) is 17.5 Å². The second kappa shape index (κ2) is 8.28. The van der Waals surface area contributed by atoms with Crippen molar-refractivity contribution in [2.24, 2.45) is 17.8 Å². The summed E-state index contributed by atoms with van der Waals surface area (Å²) in [6.45, 7) is 5.17. The van der Waals surface area contributed by atoms with E-state index in [1.807, 2.05) is 13.8 Å². The number of amides is 1. The van der Waals surface area contributed by atoms with Gasteiger partial charge in [-0.3, -0.25) is 4.79 Å². The van der Waals surface area contributed by atoms with Gasteiger partial charge in [-0.15, -0.1) is 0 Å². The monoisotopic (exact) mass is 432 g/mol. The molecule has 1 unspecified atom stereocenters. The average Bonchev–Trinajstić information content (AvgIpc) is 3.20. The number of hydrogen-bond acceptors (Lipinski definition) is 3. The van der Waals surface area contributed by atoms with Crippen molar-refractivity contribution in [1.29, 1.82) is 0 Å². The van der Waals surface area contributed by atoms with E-state index < -0.39 is 29.0 Å². The second-order valence-electron chi connectivity index (χ2n) is 8.92. The summed E-state index contributed by atoms with van der Waals surface area (Å²) in [7, 11) is 0. The van der Waals surface area contributed by atoms with Crippen LogP contribution >= 0.6 is 0 Å². The van der Waals surface area contributed by atoms with Gasteiger partial charge in [-0.05, 0) is 29.3 Å². The Morgan fingerprint density at radius 1 is 1.03 bits per heavy atom. The van der Waals surface area contributed by atoms with E-state index in [4.69, 9.17) is 0 Å². The molecule has 0 saturated carbocycles. The van der Waals surface area contributed by atoms with Crippen LogP contribution in [0.4, 0.5) is 13.2 Å². The van der Waals surface area contributed by atoms with Gasteiger partial charge in [-0.1, -0.05) is 32.0 Å². The fraction of sp³-hybridized carbons (Fsp3) is 0.458. The smallest absolute Gasteiger partial charge is 0.227 e. The lowest BCUT2D eigenvalue weighted by atomic mass is 9.70. The Morgan fingerprint density at radius 2 is 1.71 bits per heavy atom. The molecule has 2 N–H and O–H groups in total. The first-order valence-electron chi connectivity index (χ1n) is 10.6. The van der Waals surface area contributed by atoms with E-state index in [-0.39, 0.29) is 23.7 Å². The first kappa shape index (κ1) is 21.8. The molecule has 2 saturated heterocycles. The molecule has 4 rings (SSSR count). The molecule has 4 nitrogen and oxygen atoms in total. The highest BCUT2D eigenvalue weighted by Gasteiger charge is 2.48. The van der Waals surface area contributed by atoms with E-state index >= 15 is 0 Å². The minimum Gasteiger partial charge on any atom is -0.384 e. The second-order valence-corrected chi connectivity index (χ2v) is 8.92. The van der Waals surface area contributed by atoms with Gasteiger partial charge in [-0.2, -0.15) is 0 Å². The summed E-state index contributed by atoms with van der Waals surface area (Å²) in [5.41, 5.74) is -0.414. The Bertz CT molecular complexity index is 971. The molecule has 2 aromatic rings. The van der Waals surface area contributed by atoms with Crippen LogP contribution in [-0.4, -0.2) is 42.1 Å². The highest BCUT2D eigenvalue weighted by molar-refractivity contribution is 5.81. The number of carbonyl (C=O) groups is 1. The zero-order valence-corrected chi connectivity index (χ0v) is 17.6. The van der Waals surface area contributed by atoms with Crippen molar-refractivity contribution < 1.29 is 23.1 Å². The van der Waals surface area contributed by atoms with Gasteiger partial charge in [0.05, 0.1) is 11.5 Å². The molecule has 0 bridgehead atoms. The van der Waals surface area contributed by atoms with Gasteiger partial charge in [0.15, 0.2) is 0 Å². The summed E-state index contributed by atoms with van der Waals surface area (Å²) >= 11 is 0. The Morgan fingerprint density at radius 3 is 2.35 bits per heavy atom. The Labute approximate surface area is 180 Å². The highest BCUT2D eigenvalue weighted by atomic mass is 19.1. The quantitative estimate of drug-likeness (QED) is 0.782. The van der Waals surface area contributed by atoms with Crippen LogP contribution in [0.15, 0.2) is 42.5 Å². The molecule has 2 aliphatic rings. The first-order valence-corrected chi connectivity index (χ1v) is 10.6. The highest BCUT2D eigenvalue weighted by Crippen LogP contribution is 2.42. The van der Waals surface area contributed by atoms with Crippen LogP contribution in [-0.2, 0) is 10.4 Å². The number of halogens is 3. The van der Waals surface area contributed by atoms with Gasteiger partial charge >= 0.3 is 0 Å². The Kier molecular flexibility index (Phi) is 5.83. The molecule has 31 heavy (non-hydrogen) atoms. The normalized spacial score (nSPS) is 31.1. The van der Waals surface area contributed by atoms with Crippen molar-refractivity contribution in [2.75, 3.05) is 26.2 Å². The van der Waals surface area contributed by atoms with Crippen LogP contribution in [0.5, 0.6) is 0 Å². The minimum absolute atomic E-state index is 0.112. The SMILES string of the molecule is C[C@@H]1CN(C(=O)[C@@H]2CNC[C@H]2c2ccc(F)cc2F)C[C@H](C)C1(O)c1cccc(F)c1. The summed E-state index contributed by atoms with van der Waals surface area (Å²) in [5, 5.41) is 14.6. The van der Waals surface area contributed by atoms with Crippen LogP contribution in [0.3, 0.4) is 0 Å². The van der Waals surface area contributed by atoms with Crippen LogP contribution < -0.4 is 5.32 Å². The van der Waals surface area contributed by atoms with Gasteiger partial charge in [0.25, 0.3) is 0 Å². The van der Waals surface area contributed by atoms with Crippen molar-refractivity contribution in [3.8, 4) is 0 Å². The summed E-state index contributed by atoms with van der Waals surface area (Å²) in [5.74, 6) is -3.32. The summed E-state index contributed by atoms with van der Waals surface area (Å²) in [6.07, 6.45) is 0. The Hall–Kier alpha value is -2.38. The number of nitrogens with zero attached hydrogens (tertiary/aromatic N) is 1. The van der Waals surface area contributed by atoms with Crippen molar-refractivity contribution in [2.45, 2.75) is 25.4 Å². The summed E-state index contributed by atoms with van der Waals surface area (Å²) in [6, 6.07) is 9.43. The van der Waals surface area contributed by atoms with Crippen LogP contribution in [0, 0.1) is 35.2 Å². The van der Waals surface area contributed by atoms with Crippen molar-refractivity contribution in [3.05, 3.63) is 71.0 Å². The van der Waals surface area contributed by atoms with E-state index in [1.165, 1.54) is 24.3 Å². The molecule has 0 aromatic heterocycles. The molecule has 2 fully saturated rings. The number of rotatable bonds is 3. The third kappa shape index (κ3) is 3.85. The molecule has 2 heterocycles. The molecule has 2 aliphatic heterocycles. The lowest BCUT2D eigenvalue weighted by Crippen LogP contribution is -2.57. The maximum Gasteiger partial charge on any atom is 0.227 e. The van der Waals surface area contributed by atoms with Crippen LogP contribution in [0.25, 0.3) is 0 Å². The number of likely N-dealkylation sites (tertiary alicyclic amines) is 1. The molecular weight excluding hydrogens is 405 g/mol. The standard InChI is InChI=1S/C24H27F3N2O2/c1-14-12-29(13-15(2)24(14,31)16-4-3-5-17(25)8-16)23(30)21-11-28-10-20(21)19-7-6-18(26)9-22(19)27/h3-9,14-15,20-21,28,31H,10-13H2,1-2H3/t14-,15+,20-,21+,24?/m0/s1. The lowest BCUT2D eigenvalue weighted by Gasteiger charge is -2.48. The topological polar surface area (TPSA) is 52.6 Å². The van der Waals surface area contributed by atoms with E-state index in [2.05, 4.69) is 5.32 Å². The zero-order chi connectivity index (χ0) is 22.3. The third-order valence-corrected chi connectivity index (χ3v) is 6.98. The average molecular weight is 432 g/mol. The van der Waals surface area contributed by atoms with E-state index in [0.29, 0.717) is 37.3 Å². The van der Waals surface area contributed by atoms with Gasteiger partial charge < -0.3 is 15.3 Å². The number of carbonyl (C=O) groups excluding carboxylic acids is 1. The van der Waals surface area contributed by atoms with Crippen molar-refractivity contribution >= 4 is 5.91 Å². The predicted molar refractivity (Wildman–Crippen MR) is 111 cm³/mol. The van der Waals surface area contributed by atoms with Gasteiger partial charge in [0.2, 0.25) is 5.91 Å². The molecule has 7 heteroatoms. The first-order chi connectivity index (χ1) is 14.7. The van der Waals surface area contributed by atoms with Gasteiger partial charge in [-0.25, -0.2) is 13.2 Å². The number of aliphatic hydroxyl groups is 1. The molecule has 2 aromatic carbocycles. The zero-order valence-electron chi connectivity index (χ0n) is 17.6. The predicted octanol–water partition coefficient (Wildman–Crippen LogP) is 3.41. The van der Waals surface area contributed by atoms with Crippen molar-refractivity contribution in [1.82, 2.24) is 10.2 Å². The number of nitrogens with one attached hydrogen (secondary N) is 1. The molecule has 0 spiro atoms. The van der Waals surface area contributed by atoms with Gasteiger partial charge in [0, 0.05) is 50.0 Å². The van der Waals surface area contributed by atoms with E-state index in [1.54, 1.807) is 17.0 Å². The maximum atomic E-state index is 14.4. The number of hydrogen-bond donors (Lipinski definition) is 2. The molecule has 166 valence electrons. The largest absolute Gasteiger partial charge is 0.384 e. The number of piperidine rings is 1. The molecule has 0 radical (unpaired) electrons. The minimum atomic E-state index is -1.25. The fourth-order valence-corrected chi connectivity index (χ4v) is 5.29. The van der Waals surface area contributed by atoms with E-state index in [0.717, 1.165) is 6.07 Å². The summed E-state index contributed by atoms with van der Waals surface area (Å²) in [4.78, 5) is 15.1. The Balaban J connectivity index is 1.55. The number of benzene rings is 2. The summed E-state index contributed by atoms with van der Waals surface area (Å²) < 4.78 is 41.5. The lowest BCUT2D eigenvalue weighted by molar-refractivity contribution is -0.152.